The molecule has 2 atom stereocenters. The summed E-state index contributed by atoms with van der Waals surface area (Å²) in [6.45, 7) is 0. The van der Waals surface area contributed by atoms with Gasteiger partial charge in [-0.05, 0) is 12.1 Å². The highest BCUT2D eigenvalue weighted by Crippen LogP contribution is 2.47. The first kappa shape index (κ1) is 15.9. The molecule has 1 saturated heterocycles. The van der Waals surface area contributed by atoms with Crippen molar-refractivity contribution in [1.82, 2.24) is 4.90 Å². The second kappa shape index (κ2) is 6.13. The fourth-order valence-electron chi connectivity index (χ4n) is 2.87. The molecule has 0 spiro atoms. The van der Waals surface area contributed by atoms with Gasteiger partial charge < -0.3 is 24.2 Å². The quantitative estimate of drug-likeness (QED) is 0.883. The maximum absolute atomic E-state index is 11.9. The van der Waals surface area contributed by atoms with Crippen molar-refractivity contribution in [2.24, 2.45) is 5.92 Å². The summed E-state index contributed by atoms with van der Waals surface area (Å²) in [4.78, 5) is 24.8. The number of aliphatic carboxylic acids is 1. The van der Waals surface area contributed by atoms with Gasteiger partial charge in [-0.25, -0.2) is 0 Å². The number of ether oxygens (including phenoxy) is 3. The van der Waals surface area contributed by atoms with Crippen LogP contribution in [0, 0.1) is 5.92 Å². The first-order valence-electron chi connectivity index (χ1n) is 6.73. The van der Waals surface area contributed by atoms with Gasteiger partial charge in [-0.1, -0.05) is 0 Å². The number of benzene rings is 1. The summed E-state index contributed by atoms with van der Waals surface area (Å²) in [5, 5.41) is 9.40. The van der Waals surface area contributed by atoms with E-state index in [1.807, 2.05) is 0 Å². The predicted octanol–water partition coefficient (Wildman–Crippen LogP) is 1.32. The molecule has 0 radical (unpaired) electrons. The molecule has 1 amide bonds. The van der Waals surface area contributed by atoms with Crippen molar-refractivity contribution in [3.05, 3.63) is 17.7 Å². The predicted molar refractivity (Wildman–Crippen MR) is 77.4 cm³/mol. The van der Waals surface area contributed by atoms with Gasteiger partial charge in [-0.3, -0.25) is 9.59 Å². The SMILES string of the molecule is COc1ccc([C@H]2[C@H](C(=O)O)CC(=O)N2C)c(OC)c1OC. The Labute approximate surface area is 128 Å². The third kappa shape index (κ3) is 2.43. The summed E-state index contributed by atoms with van der Waals surface area (Å²) < 4.78 is 15.9. The van der Waals surface area contributed by atoms with Crippen molar-refractivity contribution < 1.29 is 28.9 Å². The summed E-state index contributed by atoms with van der Waals surface area (Å²) in [6, 6.07) is 2.77. The Kier molecular flexibility index (Phi) is 4.44. The molecular formula is C15H19NO6. The standard InChI is InChI=1S/C15H19NO6/c1-16-11(17)7-9(15(18)19)12(16)8-5-6-10(20-2)14(22-4)13(8)21-3/h5-6,9,12H,7H2,1-4H3,(H,18,19)/t9-,12+/m1/s1. The number of carbonyl (C=O) groups excluding carboxylic acids is 1. The average Bonchev–Trinajstić information content (AvgIpc) is 2.81. The molecule has 1 N–H and O–H groups in total. The van der Waals surface area contributed by atoms with E-state index in [1.54, 1.807) is 19.2 Å². The van der Waals surface area contributed by atoms with E-state index in [0.717, 1.165) is 0 Å². The zero-order valence-electron chi connectivity index (χ0n) is 13.0. The van der Waals surface area contributed by atoms with E-state index < -0.39 is 17.9 Å². The van der Waals surface area contributed by atoms with Crippen LogP contribution in [0.5, 0.6) is 17.2 Å². The number of methoxy groups -OCH3 is 3. The molecule has 0 unspecified atom stereocenters. The van der Waals surface area contributed by atoms with Crippen LogP contribution in [0.1, 0.15) is 18.0 Å². The molecule has 1 aromatic rings. The molecule has 1 aliphatic heterocycles. The maximum atomic E-state index is 11.9. The molecule has 0 bridgehead atoms. The van der Waals surface area contributed by atoms with Crippen LogP contribution >= 0.6 is 0 Å². The molecule has 7 heteroatoms. The Bertz CT molecular complexity index is 600. The normalized spacial score (nSPS) is 20.9. The highest BCUT2D eigenvalue weighted by molar-refractivity contribution is 5.87. The Balaban J connectivity index is 2.60. The Morgan fingerprint density at radius 2 is 1.82 bits per heavy atom. The summed E-state index contributed by atoms with van der Waals surface area (Å²) in [5.41, 5.74) is 0.584. The second-order valence-corrected chi connectivity index (χ2v) is 5.02. The number of carboxylic acid groups (broad SMARTS) is 1. The van der Waals surface area contributed by atoms with Crippen LogP contribution in [0.2, 0.25) is 0 Å². The third-order valence-electron chi connectivity index (χ3n) is 3.96. The smallest absolute Gasteiger partial charge is 0.309 e. The topological polar surface area (TPSA) is 85.3 Å². The molecule has 0 aromatic heterocycles. The van der Waals surface area contributed by atoms with Crippen LogP contribution in [0.4, 0.5) is 0 Å². The fourth-order valence-corrected chi connectivity index (χ4v) is 2.87. The molecule has 1 aromatic carbocycles. The van der Waals surface area contributed by atoms with Crippen molar-refractivity contribution in [1.29, 1.82) is 0 Å². The van der Waals surface area contributed by atoms with Crippen molar-refractivity contribution >= 4 is 11.9 Å². The lowest BCUT2D eigenvalue weighted by molar-refractivity contribution is -0.142. The van der Waals surface area contributed by atoms with Gasteiger partial charge in [-0.15, -0.1) is 0 Å². The summed E-state index contributed by atoms with van der Waals surface area (Å²) >= 11 is 0. The van der Waals surface area contributed by atoms with Crippen LogP contribution < -0.4 is 14.2 Å². The van der Waals surface area contributed by atoms with Gasteiger partial charge in [0.15, 0.2) is 11.5 Å². The van der Waals surface area contributed by atoms with Crippen molar-refractivity contribution in [3.8, 4) is 17.2 Å². The largest absolute Gasteiger partial charge is 0.493 e. The molecular weight excluding hydrogens is 290 g/mol. The minimum Gasteiger partial charge on any atom is -0.493 e. The number of nitrogens with zero attached hydrogens (tertiary/aromatic N) is 1. The van der Waals surface area contributed by atoms with Crippen molar-refractivity contribution in [2.75, 3.05) is 28.4 Å². The van der Waals surface area contributed by atoms with Crippen molar-refractivity contribution in [3.63, 3.8) is 0 Å². The monoisotopic (exact) mass is 309 g/mol. The molecule has 2 rings (SSSR count). The molecule has 120 valence electrons. The molecule has 7 nitrogen and oxygen atoms in total. The minimum atomic E-state index is -1.01. The van der Waals surface area contributed by atoms with E-state index in [2.05, 4.69) is 0 Å². The lowest BCUT2D eigenvalue weighted by Gasteiger charge is -2.26. The lowest BCUT2D eigenvalue weighted by Crippen LogP contribution is -2.27. The molecule has 1 heterocycles. The van der Waals surface area contributed by atoms with Crippen LogP contribution in [0.25, 0.3) is 0 Å². The number of amides is 1. The first-order valence-corrected chi connectivity index (χ1v) is 6.73. The van der Waals surface area contributed by atoms with Gasteiger partial charge in [0.2, 0.25) is 11.7 Å². The first-order chi connectivity index (χ1) is 10.5. The number of likely N-dealkylation sites (tertiary alicyclic amines) is 1. The zero-order chi connectivity index (χ0) is 16.4. The van der Waals surface area contributed by atoms with Gasteiger partial charge in [0.1, 0.15) is 0 Å². The highest BCUT2D eigenvalue weighted by atomic mass is 16.5. The lowest BCUT2D eigenvalue weighted by atomic mass is 9.92. The van der Waals surface area contributed by atoms with E-state index in [4.69, 9.17) is 14.2 Å². The number of rotatable bonds is 5. The number of hydrogen-bond acceptors (Lipinski definition) is 5. The number of hydrogen-bond donors (Lipinski definition) is 1. The van der Waals surface area contributed by atoms with Gasteiger partial charge in [-0.2, -0.15) is 0 Å². The van der Waals surface area contributed by atoms with Crippen molar-refractivity contribution in [2.45, 2.75) is 12.5 Å². The van der Waals surface area contributed by atoms with E-state index >= 15 is 0 Å². The minimum absolute atomic E-state index is 0.0337. The summed E-state index contributed by atoms with van der Waals surface area (Å²) in [5.74, 6) is -0.834. The molecule has 1 aliphatic rings. The summed E-state index contributed by atoms with van der Waals surface area (Å²) in [7, 11) is 6.03. The second-order valence-electron chi connectivity index (χ2n) is 5.02. The van der Waals surface area contributed by atoms with E-state index in [1.165, 1.54) is 26.2 Å². The third-order valence-corrected chi connectivity index (χ3v) is 3.96. The Hall–Kier alpha value is -2.44. The van der Waals surface area contributed by atoms with E-state index in [-0.39, 0.29) is 12.3 Å². The zero-order valence-corrected chi connectivity index (χ0v) is 13.0. The fraction of sp³-hybridized carbons (Fsp3) is 0.467. The summed E-state index contributed by atoms with van der Waals surface area (Å²) in [6.07, 6.45) is -0.0337. The van der Waals surface area contributed by atoms with Crippen LogP contribution in [0.3, 0.4) is 0 Å². The van der Waals surface area contributed by atoms with Gasteiger partial charge in [0.05, 0.1) is 33.3 Å². The van der Waals surface area contributed by atoms with Crippen LogP contribution in [0.15, 0.2) is 12.1 Å². The van der Waals surface area contributed by atoms with E-state index in [0.29, 0.717) is 22.8 Å². The molecule has 0 aliphatic carbocycles. The van der Waals surface area contributed by atoms with Gasteiger partial charge in [0, 0.05) is 19.0 Å². The Morgan fingerprint density at radius 3 is 2.32 bits per heavy atom. The molecule has 1 fully saturated rings. The number of carbonyl (C=O) groups is 2. The van der Waals surface area contributed by atoms with Crippen LogP contribution in [-0.4, -0.2) is 50.3 Å². The molecule has 0 saturated carbocycles. The van der Waals surface area contributed by atoms with E-state index in [9.17, 15) is 14.7 Å². The van der Waals surface area contributed by atoms with Gasteiger partial charge >= 0.3 is 5.97 Å². The average molecular weight is 309 g/mol. The highest BCUT2D eigenvalue weighted by Gasteiger charge is 2.44. The molecule has 22 heavy (non-hydrogen) atoms. The Morgan fingerprint density at radius 1 is 1.18 bits per heavy atom. The maximum Gasteiger partial charge on any atom is 0.309 e. The number of carboxylic acids is 1. The van der Waals surface area contributed by atoms with Gasteiger partial charge in [0.25, 0.3) is 0 Å². The van der Waals surface area contributed by atoms with Crippen LogP contribution in [-0.2, 0) is 9.59 Å².